The summed E-state index contributed by atoms with van der Waals surface area (Å²) in [6, 6.07) is 4.63. The first-order valence-corrected chi connectivity index (χ1v) is 5.45. The molecular formula is C12H15FN4. The molecule has 0 aliphatic rings. The number of nitrogens with zero attached hydrogens (tertiary/aromatic N) is 3. The fraction of sp³-hybridized carbons (Fsp3) is 0.333. The summed E-state index contributed by atoms with van der Waals surface area (Å²) in [5, 5.41) is 4.25. The van der Waals surface area contributed by atoms with Crippen LogP contribution in [-0.4, -0.2) is 14.8 Å². The molecular weight excluding hydrogens is 219 g/mol. The monoisotopic (exact) mass is 234 g/mol. The van der Waals surface area contributed by atoms with Crippen molar-refractivity contribution in [1.29, 1.82) is 0 Å². The molecule has 0 amide bonds. The lowest BCUT2D eigenvalue weighted by Gasteiger charge is -2.08. The topological polar surface area (TPSA) is 56.7 Å². The largest absolute Gasteiger partial charge is 0.326 e. The van der Waals surface area contributed by atoms with Gasteiger partial charge in [-0.05, 0) is 37.1 Å². The molecule has 0 saturated heterocycles. The van der Waals surface area contributed by atoms with Gasteiger partial charge in [0.15, 0.2) is 0 Å². The Bertz CT molecular complexity index is 533. The minimum atomic E-state index is -0.258. The molecule has 0 saturated carbocycles. The van der Waals surface area contributed by atoms with Crippen LogP contribution in [0.2, 0.25) is 0 Å². The zero-order chi connectivity index (χ0) is 12.4. The maximum absolute atomic E-state index is 13.2. The lowest BCUT2D eigenvalue weighted by Crippen LogP contribution is -2.09. The van der Waals surface area contributed by atoms with E-state index in [2.05, 4.69) is 10.1 Å². The van der Waals surface area contributed by atoms with Gasteiger partial charge >= 0.3 is 0 Å². The number of hydrogen-bond acceptors (Lipinski definition) is 3. The van der Waals surface area contributed by atoms with Crippen molar-refractivity contribution >= 4 is 0 Å². The first-order valence-electron chi connectivity index (χ1n) is 5.45. The second kappa shape index (κ2) is 4.63. The Labute approximate surface area is 99.3 Å². The van der Waals surface area contributed by atoms with Crippen LogP contribution in [0, 0.1) is 19.7 Å². The molecule has 0 spiro atoms. The van der Waals surface area contributed by atoms with Gasteiger partial charge in [-0.1, -0.05) is 6.07 Å². The first kappa shape index (κ1) is 11.7. The molecule has 2 N–H and O–H groups in total. The zero-order valence-electron chi connectivity index (χ0n) is 9.94. The van der Waals surface area contributed by atoms with E-state index in [9.17, 15) is 4.39 Å². The van der Waals surface area contributed by atoms with Crippen LogP contribution in [-0.2, 0) is 13.1 Å². The second-order valence-corrected chi connectivity index (χ2v) is 3.98. The molecule has 2 rings (SSSR count). The average molecular weight is 234 g/mol. The molecule has 5 heteroatoms. The molecule has 0 unspecified atom stereocenters. The predicted octanol–water partition coefficient (Wildman–Crippen LogP) is 1.54. The molecule has 0 radical (unpaired) electrons. The van der Waals surface area contributed by atoms with Crippen LogP contribution in [0.25, 0.3) is 0 Å². The Hall–Kier alpha value is -1.75. The highest BCUT2D eigenvalue weighted by molar-refractivity contribution is 5.28. The Kier molecular flexibility index (Phi) is 3.19. The van der Waals surface area contributed by atoms with E-state index in [0.717, 1.165) is 17.0 Å². The summed E-state index contributed by atoms with van der Waals surface area (Å²) in [5.41, 5.74) is 7.41. The Morgan fingerprint density at radius 1 is 1.29 bits per heavy atom. The van der Waals surface area contributed by atoms with Crippen LogP contribution in [0.15, 0.2) is 18.2 Å². The van der Waals surface area contributed by atoms with Gasteiger partial charge in [0.05, 0.1) is 6.54 Å². The molecule has 0 bridgehead atoms. The van der Waals surface area contributed by atoms with Gasteiger partial charge in [0, 0.05) is 6.54 Å². The third kappa shape index (κ3) is 2.50. The highest BCUT2D eigenvalue weighted by atomic mass is 19.1. The molecule has 0 atom stereocenters. The Morgan fingerprint density at radius 3 is 2.65 bits per heavy atom. The van der Waals surface area contributed by atoms with Crippen molar-refractivity contribution < 1.29 is 4.39 Å². The van der Waals surface area contributed by atoms with Gasteiger partial charge in [-0.15, -0.1) is 0 Å². The summed E-state index contributed by atoms with van der Waals surface area (Å²) in [5.74, 6) is 1.27. The van der Waals surface area contributed by atoms with E-state index in [4.69, 9.17) is 5.73 Å². The minimum Gasteiger partial charge on any atom is -0.326 e. The average Bonchev–Trinajstić information content (AvgIpc) is 2.58. The quantitative estimate of drug-likeness (QED) is 0.876. The van der Waals surface area contributed by atoms with Gasteiger partial charge in [0.2, 0.25) is 0 Å². The number of hydrogen-bond donors (Lipinski definition) is 1. The molecule has 0 aliphatic heterocycles. The minimum absolute atomic E-state index is 0.258. The predicted molar refractivity (Wildman–Crippen MR) is 62.9 cm³/mol. The van der Waals surface area contributed by atoms with Gasteiger partial charge in [-0.2, -0.15) is 5.10 Å². The van der Waals surface area contributed by atoms with Gasteiger partial charge in [-0.3, -0.25) is 0 Å². The molecule has 1 aromatic heterocycles. The van der Waals surface area contributed by atoms with Gasteiger partial charge in [0.1, 0.15) is 17.5 Å². The molecule has 0 aliphatic carbocycles. The van der Waals surface area contributed by atoms with E-state index in [1.165, 1.54) is 12.1 Å². The summed E-state index contributed by atoms with van der Waals surface area (Å²) in [4.78, 5) is 4.21. The maximum Gasteiger partial charge on any atom is 0.147 e. The van der Waals surface area contributed by atoms with E-state index in [0.29, 0.717) is 18.9 Å². The van der Waals surface area contributed by atoms with E-state index < -0.39 is 0 Å². The summed E-state index contributed by atoms with van der Waals surface area (Å²) < 4.78 is 15.0. The van der Waals surface area contributed by atoms with Crippen molar-refractivity contribution in [2.45, 2.75) is 26.9 Å². The smallest absolute Gasteiger partial charge is 0.147 e. The van der Waals surface area contributed by atoms with Gasteiger partial charge < -0.3 is 5.73 Å². The molecule has 0 fully saturated rings. The Balaban J connectivity index is 2.35. The van der Waals surface area contributed by atoms with E-state index in [1.807, 2.05) is 13.8 Å². The Morgan fingerprint density at radius 2 is 2.06 bits per heavy atom. The molecule has 4 nitrogen and oxygen atoms in total. The highest BCUT2D eigenvalue weighted by Crippen LogP contribution is 2.13. The van der Waals surface area contributed by atoms with Crippen LogP contribution in [0.3, 0.4) is 0 Å². The van der Waals surface area contributed by atoms with Crippen molar-refractivity contribution in [1.82, 2.24) is 14.8 Å². The third-order valence-corrected chi connectivity index (χ3v) is 2.67. The summed E-state index contributed by atoms with van der Waals surface area (Å²) in [6.07, 6.45) is 0. The van der Waals surface area contributed by atoms with Crippen molar-refractivity contribution in [2.24, 2.45) is 5.73 Å². The summed E-state index contributed by atoms with van der Waals surface area (Å²) in [6.45, 7) is 4.60. The lowest BCUT2D eigenvalue weighted by molar-refractivity contribution is 0.612. The first-order chi connectivity index (χ1) is 8.10. The van der Waals surface area contributed by atoms with Crippen LogP contribution in [0.5, 0.6) is 0 Å². The number of aromatic nitrogens is 3. The number of aryl methyl sites for hydroxylation is 2. The van der Waals surface area contributed by atoms with Crippen molar-refractivity contribution in [3.63, 3.8) is 0 Å². The SMILES string of the molecule is Cc1nc(C)n(Cc2cc(F)ccc2CN)n1. The molecule has 90 valence electrons. The lowest BCUT2D eigenvalue weighted by atomic mass is 10.1. The summed E-state index contributed by atoms with van der Waals surface area (Å²) >= 11 is 0. The van der Waals surface area contributed by atoms with Crippen molar-refractivity contribution in [2.75, 3.05) is 0 Å². The molecule has 1 aromatic carbocycles. The van der Waals surface area contributed by atoms with Gasteiger partial charge in [-0.25, -0.2) is 14.1 Å². The van der Waals surface area contributed by atoms with Crippen LogP contribution < -0.4 is 5.73 Å². The third-order valence-electron chi connectivity index (χ3n) is 2.67. The number of benzene rings is 1. The second-order valence-electron chi connectivity index (χ2n) is 3.98. The number of nitrogens with two attached hydrogens (primary N) is 1. The van der Waals surface area contributed by atoms with Crippen molar-refractivity contribution in [3.8, 4) is 0 Å². The normalized spacial score (nSPS) is 10.8. The number of halogens is 1. The van der Waals surface area contributed by atoms with Crippen molar-refractivity contribution in [3.05, 3.63) is 46.8 Å². The van der Waals surface area contributed by atoms with Crippen LogP contribution in [0.1, 0.15) is 22.8 Å². The molecule has 1 heterocycles. The number of rotatable bonds is 3. The fourth-order valence-electron chi connectivity index (χ4n) is 1.81. The standard InChI is InChI=1S/C12H15FN4/c1-8-15-9(2)17(16-8)7-11-5-12(13)4-3-10(11)6-14/h3-5H,6-7,14H2,1-2H3. The summed E-state index contributed by atoms with van der Waals surface area (Å²) in [7, 11) is 0. The van der Waals surface area contributed by atoms with Crippen LogP contribution >= 0.6 is 0 Å². The van der Waals surface area contributed by atoms with E-state index in [1.54, 1.807) is 10.7 Å². The highest BCUT2D eigenvalue weighted by Gasteiger charge is 2.07. The zero-order valence-corrected chi connectivity index (χ0v) is 9.94. The molecule has 2 aromatic rings. The fourth-order valence-corrected chi connectivity index (χ4v) is 1.81. The van der Waals surface area contributed by atoms with Gasteiger partial charge in [0.25, 0.3) is 0 Å². The maximum atomic E-state index is 13.2. The molecule has 17 heavy (non-hydrogen) atoms. The van der Waals surface area contributed by atoms with E-state index >= 15 is 0 Å². The van der Waals surface area contributed by atoms with E-state index in [-0.39, 0.29) is 5.82 Å². The van der Waals surface area contributed by atoms with Crippen LogP contribution in [0.4, 0.5) is 4.39 Å².